The molecule has 0 fully saturated rings. The van der Waals surface area contributed by atoms with Gasteiger partial charge in [0.15, 0.2) is 0 Å². The van der Waals surface area contributed by atoms with Gasteiger partial charge in [0.2, 0.25) is 0 Å². The van der Waals surface area contributed by atoms with E-state index in [1.54, 1.807) is 0 Å². The van der Waals surface area contributed by atoms with Crippen molar-refractivity contribution in [3.05, 3.63) is 28.8 Å². The van der Waals surface area contributed by atoms with Gasteiger partial charge in [-0.25, -0.2) is 5.43 Å². The number of hydrazone groups is 1. The second-order valence-corrected chi connectivity index (χ2v) is 5.38. The van der Waals surface area contributed by atoms with Crippen molar-refractivity contribution < 1.29 is 9.90 Å². The SMILES string of the molecule is CC(C)C(=NNC(=O)c1cc(Cl)ccc1O)C(C)C. The topological polar surface area (TPSA) is 61.7 Å². The normalized spacial score (nSPS) is 10.7. The average Bonchev–Trinajstić information content (AvgIpc) is 2.31. The van der Waals surface area contributed by atoms with E-state index in [0.29, 0.717) is 5.02 Å². The van der Waals surface area contributed by atoms with E-state index in [2.05, 4.69) is 10.5 Å². The fourth-order valence-corrected chi connectivity index (χ4v) is 1.96. The maximum atomic E-state index is 11.9. The molecule has 0 aliphatic heterocycles. The minimum absolute atomic E-state index is 0.114. The molecule has 0 aliphatic carbocycles. The summed E-state index contributed by atoms with van der Waals surface area (Å²) in [5.74, 6) is -0.104. The monoisotopic (exact) mass is 282 g/mol. The van der Waals surface area contributed by atoms with Gasteiger partial charge >= 0.3 is 0 Å². The number of carbonyl (C=O) groups is 1. The predicted molar refractivity (Wildman–Crippen MR) is 77.7 cm³/mol. The van der Waals surface area contributed by atoms with Crippen LogP contribution in [0.5, 0.6) is 5.75 Å². The van der Waals surface area contributed by atoms with Gasteiger partial charge in [-0.2, -0.15) is 5.10 Å². The molecular formula is C14H19ClN2O2. The Balaban J connectivity index is 2.91. The molecule has 0 saturated carbocycles. The Hall–Kier alpha value is -1.55. The predicted octanol–water partition coefficient (Wildman–Crippen LogP) is 3.44. The molecule has 1 aromatic carbocycles. The molecule has 0 aliphatic rings. The average molecular weight is 283 g/mol. The van der Waals surface area contributed by atoms with E-state index in [4.69, 9.17) is 11.6 Å². The van der Waals surface area contributed by atoms with Gasteiger partial charge in [-0.1, -0.05) is 39.3 Å². The molecule has 1 aromatic rings. The molecule has 0 atom stereocenters. The number of halogens is 1. The molecule has 2 N–H and O–H groups in total. The first-order valence-corrected chi connectivity index (χ1v) is 6.57. The van der Waals surface area contributed by atoms with Crippen LogP contribution in [0.3, 0.4) is 0 Å². The molecular weight excluding hydrogens is 264 g/mol. The molecule has 5 heteroatoms. The molecule has 1 amide bonds. The summed E-state index contributed by atoms with van der Waals surface area (Å²) < 4.78 is 0. The Morgan fingerprint density at radius 1 is 1.26 bits per heavy atom. The van der Waals surface area contributed by atoms with Crippen molar-refractivity contribution in [1.29, 1.82) is 0 Å². The van der Waals surface area contributed by atoms with Gasteiger partial charge < -0.3 is 5.11 Å². The maximum Gasteiger partial charge on any atom is 0.275 e. The van der Waals surface area contributed by atoms with Crippen molar-refractivity contribution in [2.45, 2.75) is 27.7 Å². The Morgan fingerprint density at radius 2 is 1.84 bits per heavy atom. The molecule has 1 rings (SSSR count). The lowest BCUT2D eigenvalue weighted by Crippen LogP contribution is -2.24. The molecule has 0 aromatic heterocycles. The fraction of sp³-hybridized carbons (Fsp3) is 0.429. The van der Waals surface area contributed by atoms with Crippen LogP contribution in [-0.2, 0) is 0 Å². The number of aromatic hydroxyl groups is 1. The largest absolute Gasteiger partial charge is 0.507 e. The molecule has 4 nitrogen and oxygen atoms in total. The minimum Gasteiger partial charge on any atom is -0.507 e. The number of nitrogens with one attached hydrogen (secondary N) is 1. The van der Waals surface area contributed by atoms with Crippen molar-refractivity contribution in [3.63, 3.8) is 0 Å². The van der Waals surface area contributed by atoms with Crippen molar-refractivity contribution in [2.75, 3.05) is 0 Å². The summed E-state index contributed by atoms with van der Waals surface area (Å²) in [7, 11) is 0. The van der Waals surface area contributed by atoms with Crippen LogP contribution >= 0.6 is 11.6 Å². The number of hydrogen-bond donors (Lipinski definition) is 2. The van der Waals surface area contributed by atoms with Crippen molar-refractivity contribution in [2.24, 2.45) is 16.9 Å². The van der Waals surface area contributed by atoms with Crippen LogP contribution in [-0.4, -0.2) is 16.7 Å². The van der Waals surface area contributed by atoms with E-state index < -0.39 is 5.91 Å². The number of benzene rings is 1. The van der Waals surface area contributed by atoms with Gasteiger partial charge in [-0.15, -0.1) is 0 Å². The lowest BCUT2D eigenvalue weighted by atomic mass is 9.98. The molecule has 19 heavy (non-hydrogen) atoms. The number of phenolic OH excluding ortho intramolecular Hbond substituents is 1. The summed E-state index contributed by atoms with van der Waals surface area (Å²) in [5.41, 5.74) is 3.47. The molecule has 0 unspecified atom stereocenters. The zero-order valence-electron chi connectivity index (χ0n) is 11.6. The van der Waals surface area contributed by atoms with Gasteiger partial charge in [0.1, 0.15) is 5.75 Å². The zero-order chi connectivity index (χ0) is 14.6. The van der Waals surface area contributed by atoms with Gasteiger partial charge in [-0.05, 0) is 30.0 Å². The molecule has 0 heterocycles. The van der Waals surface area contributed by atoms with Crippen molar-refractivity contribution in [1.82, 2.24) is 5.43 Å². The van der Waals surface area contributed by atoms with Crippen molar-refractivity contribution >= 4 is 23.2 Å². The summed E-state index contributed by atoms with van der Waals surface area (Å²) in [5, 5.41) is 14.1. The third-order valence-corrected chi connectivity index (χ3v) is 2.91. The number of carbonyl (C=O) groups excluding carboxylic acids is 1. The summed E-state index contributed by atoms with van der Waals surface area (Å²) in [6, 6.07) is 4.31. The molecule has 0 radical (unpaired) electrons. The van der Waals surface area contributed by atoms with Crippen LogP contribution in [0, 0.1) is 11.8 Å². The summed E-state index contributed by atoms with van der Waals surface area (Å²) in [4.78, 5) is 11.9. The number of phenols is 1. The van der Waals surface area contributed by atoms with Crippen LogP contribution in [0.1, 0.15) is 38.1 Å². The third kappa shape index (κ3) is 4.24. The highest BCUT2D eigenvalue weighted by Crippen LogP contribution is 2.21. The van der Waals surface area contributed by atoms with Gasteiger partial charge in [0, 0.05) is 10.7 Å². The Labute approximate surface area is 118 Å². The van der Waals surface area contributed by atoms with Gasteiger partial charge in [0.05, 0.1) is 5.56 Å². The van der Waals surface area contributed by atoms with Gasteiger partial charge in [0.25, 0.3) is 5.91 Å². The first-order chi connectivity index (χ1) is 8.82. The quantitative estimate of drug-likeness (QED) is 0.656. The van der Waals surface area contributed by atoms with Crippen LogP contribution in [0.4, 0.5) is 0 Å². The third-order valence-electron chi connectivity index (χ3n) is 2.67. The van der Waals surface area contributed by atoms with Crippen LogP contribution < -0.4 is 5.43 Å². The number of hydrogen-bond acceptors (Lipinski definition) is 3. The second kappa shape index (κ2) is 6.57. The van der Waals surface area contributed by atoms with E-state index >= 15 is 0 Å². The highest BCUT2D eigenvalue weighted by molar-refractivity contribution is 6.31. The van der Waals surface area contributed by atoms with E-state index in [9.17, 15) is 9.90 Å². The molecule has 0 bridgehead atoms. The van der Waals surface area contributed by atoms with Gasteiger partial charge in [-0.3, -0.25) is 4.79 Å². The zero-order valence-corrected chi connectivity index (χ0v) is 12.3. The standard InChI is InChI=1S/C14H19ClN2O2/c1-8(2)13(9(3)4)16-17-14(19)11-7-10(15)5-6-12(11)18/h5-9,18H,1-4H3,(H,17,19). The first kappa shape index (κ1) is 15.5. The van der Waals surface area contributed by atoms with E-state index in [0.717, 1.165) is 5.71 Å². The summed E-state index contributed by atoms with van der Waals surface area (Å²) >= 11 is 5.80. The maximum absolute atomic E-state index is 11.9. The highest BCUT2D eigenvalue weighted by atomic mass is 35.5. The van der Waals surface area contributed by atoms with Crippen molar-refractivity contribution in [3.8, 4) is 5.75 Å². The molecule has 0 saturated heterocycles. The smallest absolute Gasteiger partial charge is 0.275 e. The lowest BCUT2D eigenvalue weighted by molar-refractivity contribution is 0.0952. The van der Waals surface area contributed by atoms with Crippen LogP contribution in [0.15, 0.2) is 23.3 Å². The van der Waals surface area contributed by atoms with Crippen LogP contribution in [0.25, 0.3) is 0 Å². The first-order valence-electron chi connectivity index (χ1n) is 6.19. The minimum atomic E-state index is -0.473. The summed E-state index contributed by atoms with van der Waals surface area (Å²) in [6.45, 7) is 8.06. The van der Waals surface area contributed by atoms with Crippen LogP contribution in [0.2, 0.25) is 5.02 Å². The number of amides is 1. The molecule has 0 spiro atoms. The number of nitrogens with zero attached hydrogens (tertiary/aromatic N) is 1. The van der Waals surface area contributed by atoms with E-state index in [-0.39, 0.29) is 23.1 Å². The second-order valence-electron chi connectivity index (χ2n) is 4.95. The summed E-state index contributed by atoms with van der Waals surface area (Å²) in [6.07, 6.45) is 0. The Kier molecular flexibility index (Phi) is 5.36. The van der Waals surface area contributed by atoms with E-state index in [1.807, 2.05) is 27.7 Å². The highest BCUT2D eigenvalue weighted by Gasteiger charge is 2.14. The Morgan fingerprint density at radius 3 is 2.37 bits per heavy atom. The lowest BCUT2D eigenvalue weighted by Gasteiger charge is -2.13. The Bertz CT molecular complexity index is 486. The fourth-order valence-electron chi connectivity index (χ4n) is 1.79. The number of rotatable bonds is 4. The molecule has 104 valence electrons. The van der Waals surface area contributed by atoms with E-state index in [1.165, 1.54) is 18.2 Å².